The van der Waals surface area contributed by atoms with Gasteiger partial charge in [-0.15, -0.1) is 0 Å². The second-order valence-corrected chi connectivity index (χ2v) is 6.13. The second-order valence-electron chi connectivity index (χ2n) is 6.13. The summed E-state index contributed by atoms with van der Waals surface area (Å²) in [5, 5.41) is 16.1. The number of nitriles is 1. The molecule has 3 rings (SSSR count). The molecular weight excluding hydrogens is 331 g/mol. The first-order valence-corrected chi connectivity index (χ1v) is 8.15. The van der Waals surface area contributed by atoms with E-state index < -0.39 is 0 Å². The van der Waals surface area contributed by atoms with E-state index in [4.69, 9.17) is 5.26 Å². The van der Waals surface area contributed by atoms with Gasteiger partial charge in [0.1, 0.15) is 5.82 Å². The number of hydrogen-bond acceptors (Lipinski definition) is 3. The fourth-order valence-corrected chi connectivity index (χ4v) is 2.74. The van der Waals surface area contributed by atoms with Crippen molar-refractivity contribution in [1.29, 1.82) is 5.26 Å². The van der Waals surface area contributed by atoms with Gasteiger partial charge in [0.05, 0.1) is 34.8 Å². The zero-order chi connectivity index (χ0) is 18.7. The molecule has 1 amide bonds. The predicted octanol–water partition coefficient (Wildman–Crippen LogP) is 4.26. The maximum absolute atomic E-state index is 13.2. The molecule has 0 spiro atoms. The van der Waals surface area contributed by atoms with Gasteiger partial charge in [0.2, 0.25) is 0 Å². The van der Waals surface area contributed by atoms with Gasteiger partial charge in [-0.2, -0.15) is 10.4 Å². The van der Waals surface area contributed by atoms with Gasteiger partial charge in [0, 0.05) is 5.69 Å². The first-order valence-electron chi connectivity index (χ1n) is 8.15. The summed E-state index contributed by atoms with van der Waals surface area (Å²) in [5.41, 5.74) is 2.85. The summed E-state index contributed by atoms with van der Waals surface area (Å²) in [6.07, 6.45) is 1.50. The lowest BCUT2D eigenvalue weighted by Gasteiger charge is -2.13. The number of nitrogens with one attached hydrogen (secondary N) is 1. The predicted molar refractivity (Wildman–Crippen MR) is 96.7 cm³/mol. The Morgan fingerprint density at radius 2 is 1.96 bits per heavy atom. The molecule has 0 bridgehead atoms. The van der Waals surface area contributed by atoms with Crippen LogP contribution in [0.5, 0.6) is 0 Å². The number of carbonyl (C=O) groups excluding carboxylic acids is 1. The first-order chi connectivity index (χ1) is 12.5. The standard InChI is InChI=1S/C20H17FN4O/c1-13(2)19-18(12-23-25(19)17-8-6-15(21)7-9-17)20(26)24-16-5-3-4-14(10-16)11-22/h3-10,12-13H,1-2H3,(H,24,26). The van der Waals surface area contributed by atoms with Crippen LogP contribution >= 0.6 is 0 Å². The van der Waals surface area contributed by atoms with Gasteiger partial charge in [-0.3, -0.25) is 4.79 Å². The summed E-state index contributed by atoms with van der Waals surface area (Å²) in [7, 11) is 0. The Kier molecular flexibility index (Phi) is 4.81. The molecule has 0 radical (unpaired) electrons. The first kappa shape index (κ1) is 17.4. The molecule has 1 aromatic heterocycles. The molecule has 0 unspecified atom stereocenters. The van der Waals surface area contributed by atoms with Crippen molar-refractivity contribution >= 4 is 11.6 Å². The molecule has 2 aromatic carbocycles. The van der Waals surface area contributed by atoms with E-state index in [0.717, 1.165) is 5.69 Å². The Morgan fingerprint density at radius 1 is 1.23 bits per heavy atom. The Balaban J connectivity index is 1.96. The molecule has 26 heavy (non-hydrogen) atoms. The van der Waals surface area contributed by atoms with Crippen molar-refractivity contribution in [1.82, 2.24) is 9.78 Å². The summed E-state index contributed by atoms with van der Waals surface area (Å²) in [4.78, 5) is 12.7. The molecule has 0 aliphatic heterocycles. The minimum absolute atomic E-state index is 0.0220. The number of aromatic nitrogens is 2. The average Bonchev–Trinajstić information content (AvgIpc) is 3.08. The molecule has 0 saturated heterocycles. The number of benzene rings is 2. The van der Waals surface area contributed by atoms with Crippen LogP contribution in [0.1, 0.15) is 41.4 Å². The molecular formula is C20H17FN4O. The number of anilines is 1. The summed E-state index contributed by atoms with van der Waals surface area (Å²) in [5.74, 6) is -0.617. The fraction of sp³-hybridized carbons (Fsp3) is 0.150. The molecule has 3 aromatic rings. The van der Waals surface area contributed by atoms with E-state index in [2.05, 4.69) is 10.4 Å². The van der Waals surface area contributed by atoms with Crippen molar-refractivity contribution in [3.05, 3.63) is 77.4 Å². The largest absolute Gasteiger partial charge is 0.322 e. The highest BCUT2D eigenvalue weighted by atomic mass is 19.1. The minimum atomic E-state index is -0.331. The monoisotopic (exact) mass is 348 g/mol. The van der Waals surface area contributed by atoms with Crippen LogP contribution in [0.15, 0.2) is 54.7 Å². The summed E-state index contributed by atoms with van der Waals surface area (Å²) < 4.78 is 14.8. The van der Waals surface area contributed by atoms with E-state index in [1.807, 2.05) is 19.9 Å². The van der Waals surface area contributed by atoms with Crippen molar-refractivity contribution in [3.63, 3.8) is 0 Å². The number of halogens is 1. The Labute approximate surface area is 150 Å². The molecule has 0 aliphatic carbocycles. The van der Waals surface area contributed by atoms with Gasteiger partial charge >= 0.3 is 0 Å². The molecule has 0 atom stereocenters. The van der Waals surface area contributed by atoms with Crippen molar-refractivity contribution in [2.45, 2.75) is 19.8 Å². The van der Waals surface area contributed by atoms with Crippen LogP contribution in [-0.2, 0) is 0 Å². The lowest BCUT2D eigenvalue weighted by Crippen LogP contribution is -2.15. The number of amides is 1. The molecule has 1 N–H and O–H groups in total. The molecule has 6 heteroatoms. The Morgan fingerprint density at radius 3 is 2.62 bits per heavy atom. The van der Waals surface area contributed by atoms with Crippen LogP contribution < -0.4 is 5.32 Å². The lowest BCUT2D eigenvalue weighted by molar-refractivity contribution is 0.102. The number of hydrogen-bond donors (Lipinski definition) is 1. The van der Waals surface area contributed by atoms with Crippen molar-refractivity contribution in [2.75, 3.05) is 5.32 Å². The van der Waals surface area contributed by atoms with Crippen LogP contribution in [0.25, 0.3) is 5.69 Å². The number of rotatable bonds is 4. The maximum atomic E-state index is 13.2. The van der Waals surface area contributed by atoms with Gasteiger partial charge in [-0.1, -0.05) is 19.9 Å². The molecule has 0 saturated carbocycles. The third-order valence-corrected chi connectivity index (χ3v) is 3.92. The third-order valence-electron chi connectivity index (χ3n) is 3.92. The lowest BCUT2D eigenvalue weighted by atomic mass is 10.0. The highest BCUT2D eigenvalue weighted by molar-refractivity contribution is 6.05. The Bertz CT molecular complexity index is 984. The van der Waals surface area contributed by atoms with Crippen molar-refractivity contribution < 1.29 is 9.18 Å². The number of carbonyl (C=O) groups is 1. The SMILES string of the molecule is CC(C)c1c(C(=O)Nc2cccc(C#N)c2)cnn1-c1ccc(F)cc1. The molecule has 0 fully saturated rings. The zero-order valence-corrected chi connectivity index (χ0v) is 14.4. The molecule has 5 nitrogen and oxygen atoms in total. The van der Waals surface area contributed by atoms with Crippen LogP contribution in [0.3, 0.4) is 0 Å². The third kappa shape index (κ3) is 3.47. The van der Waals surface area contributed by atoms with E-state index in [-0.39, 0.29) is 17.6 Å². The van der Waals surface area contributed by atoms with Crippen LogP contribution in [0, 0.1) is 17.1 Å². The van der Waals surface area contributed by atoms with E-state index in [1.165, 1.54) is 18.3 Å². The van der Waals surface area contributed by atoms with E-state index >= 15 is 0 Å². The molecule has 0 aliphatic rings. The van der Waals surface area contributed by atoms with Gasteiger partial charge in [0.25, 0.3) is 5.91 Å². The van der Waals surface area contributed by atoms with Crippen molar-refractivity contribution in [3.8, 4) is 11.8 Å². The fourth-order valence-electron chi connectivity index (χ4n) is 2.74. The smallest absolute Gasteiger partial charge is 0.259 e. The van der Waals surface area contributed by atoms with E-state index in [0.29, 0.717) is 22.5 Å². The normalized spacial score (nSPS) is 10.6. The Hall–Kier alpha value is -3.46. The van der Waals surface area contributed by atoms with E-state index in [1.54, 1.807) is 41.1 Å². The summed E-state index contributed by atoms with van der Waals surface area (Å²) in [6.45, 7) is 3.92. The van der Waals surface area contributed by atoms with Gasteiger partial charge in [-0.25, -0.2) is 9.07 Å². The highest BCUT2D eigenvalue weighted by Gasteiger charge is 2.21. The summed E-state index contributed by atoms with van der Waals surface area (Å²) in [6, 6.07) is 14.7. The summed E-state index contributed by atoms with van der Waals surface area (Å²) >= 11 is 0. The average molecular weight is 348 g/mol. The van der Waals surface area contributed by atoms with Crippen LogP contribution in [0.4, 0.5) is 10.1 Å². The quantitative estimate of drug-likeness (QED) is 0.766. The van der Waals surface area contributed by atoms with Crippen LogP contribution in [-0.4, -0.2) is 15.7 Å². The van der Waals surface area contributed by atoms with Gasteiger partial charge < -0.3 is 5.32 Å². The van der Waals surface area contributed by atoms with Gasteiger partial charge in [0.15, 0.2) is 0 Å². The van der Waals surface area contributed by atoms with Crippen LogP contribution in [0.2, 0.25) is 0 Å². The molecule has 130 valence electrons. The topological polar surface area (TPSA) is 70.7 Å². The van der Waals surface area contributed by atoms with E-state index in [9.17, 15) is 9.18 Å². The maximum Gasteiger partial charge on any atom is 0.259 e. The highest BCUT2D eigenvalue weighted by Crippen LogP contribution is 2.24. The van der Waals surface area contributed by atoms with Gasteiger partial charge in [-0.05, 0) is 48.4 Å². The second kappa shape index (κ2) is 7.19. The van der Waals surface area contributed by atoms with Crippen molar-refractivity contribution in [2.24, 2.45) is 0 Å². The molecule has 1 heterocycles. The zero-order valence-electron chi connectivity index (χ0n) is 14.4. The number of nitrogens with zero attached hydrogens (tertiary/aromatic N) is 3. The minimum Gasteiger partial charge on any atom is -0.322 e.